The highest BCUT2D eigenvalue weighted by Crippen LogP contribution is 2.20. The Hall–Kier alpha value is -1.08. The average Bonchev–Trinajstić information content (AvgIpc) is 2.78. The molecule has 5 nitrogen and oxygen atoms in total. The molecule has 1 aromatic rings. The molecular formula is C15H23BrN2O3S. The van der Waals surface area contributed by atoms with E-state index in [1.807, 2.05) is 34.6 Å². The quantitative estimate of drug-likeness (QED) is 0.803. The van der Waals surface area contributed by atoms with Gasteiger partial charge in [0.15, 0.2) is 0 Å². The fourth-order valence-corrected chi connectivity index (χ4v) is 2.78. The molecule has 0 radical (unpaired) electrons. The second-order valence-electron chi connectivity index (χ2n) is 6.35. The standard InChI is InChI=1S/C15H23BrN2O3S/c1-9(2)11(18-14(20)21-15(3,4)5)7-17-13(19)10-6-12(16)22-8-10/h6,8-9,11H,7H2,1-5H3,(H,17,19)(H,18,20). The van der Waals surface area contributed by atoms with Crippen LogP contribution in [-0.4, -0.2) is 30.2 Å². The second kappa shape index (κ2) is 7.97. The van der Waals surface area contributed by atoms with E-state index in [-0.39, 0.29) is 17.9 Å². The summed E-state index contributed by atoms with van der Waals surface area (Å²) >= 11 is 4.79. The highest BCUT2D eigenvalue weighted by atomic mass is 79.9. The van der Waals surface area contributed by atoms with Gasteiger partial charge in [-0.15, -0.1) is 11.3 Å². The summed E-state index contributed by atoms with van der Waals surface area (Å²) in [6.45, 7) is 9.75. The SMILES string of the molecule is CC(C)C(CNC(=O)c1csc(Br)c1)NC(=O)OC(C)(C)C. The second-order valence-corrected chi connectivity index (χ2v) is 8.64. The van der Waals surface area contributed by atoms with Crippen LogP contribution in [0, 0.1) is 5.92 Å². The first-order valence-electron chi connectivity index (χ1n) is 7.10. The summed E-state index contributed by atoms with van der Waals surface area (Å²) in [6.07, 6.45) is -0.473. The number of hydrogen-bond donors (Lipinski definition) is 2. The van der Waals surface area contributed by atoms with E-state index in [0.29, 0.717) is 12.1 Å². The number of carbonyl (C=O) groups excluding carboxylic acids is 2. The Balaban J connectivity index is 2.54. The molecule has 0 fully saturated rings. The summed E-state index contributed by atoms with van der Waals surface area (Å²) in [5, 5.41) is 7.42. The van der Waals surface area contributed by atoms with Gasteiger partial charge >= 0.3 is 6.09 Å². The summed E-state index contributed by atoms with van der Waals surface area (Å²) in [5.74, 6) is 0.0145. The third-order valence-corrected chi connectivity index (χ3v) is 4.32. The van der Waals surface area contributed by atoms with Crippen molar-refractivity contribution in [3.05, 3.63) is 20.8 Å². The molecule has 0 aliphatic heterocycles. The van der Waals surface area contributed by atoms with E-state index in [0.717, 1.165) is 3.79 Å². The molecule has 0 aromatic carbocycles. The molecule has 0 aliphatic carbocycles. The molecule has 2 N–H and O–H groups in total. The molecule has 1 aromatic heterocycles. The van der Waals surface area contributed by atoms with Crippen molar-refractivity contribution in [2.24, 2.45) is 5.92 Å². The van der Waals surface area contributed by atoms with Crippen LogP contribution in [0.3, 0.4) is 0 Å². The fourth-order valence-electron chi connectivity index (χ4n) is 1.65. The molecule has 124 valence electrons. The Morgan fingerprint density at radius 3 is 2.45 bits per heavy atom. The van der Waals surface area contributed by atoms with Crippen molar-refractivity contribution >= 4 is 39.3 Å². The predicted octanol–water partition coefficient (Wildman–Crippen LogP) is 3.79. The third kappa shape index (κ3) is 6.79. The zero-order chi connectivity index (χ0) is 16.9. The van der Waals surface area contributed by atoms with Gasteiger partial charge in [-0.25, -0.2) is 4.79 Å². The first-order chi connectivity index (χ1) is 10.1. The number of rotatable bonds is 5. The highest BCUT2D eigenvalue weighted by Gasteiger charge is 2.22. The number of hydrogen-bond acceptors (Lipinski definition) is 4. The van der Waals surface area contributed by atoms with Gasteiger partial charge in [-0.05, 0) is 48.7 Å². The smallest absolute Gasteiger partial charge is 0.407 e. The molecule has 0 spiro atoms. The van der Waals surface area contributed by atoms with Crippen LogP contribution >= 0.6 is 27.3 Å². The largest absolute Gasteiger partial charge is 0.444 e. The normalized spacial score (nSPS) is 12.9. The fraction of sp³-hybridized carbons (Fsp3) is 0.600. The van der Waals surface area contributed by atoms with Crippen LogP contribution < -0.4 is 10.6 Å². The van der Waals surface area contributed by atoms with Gasteiger partial charge in [0, 0.05) is 11.9 Å². The van der Waals surface area contributed by atoms with Crippen molar-refractivity contribution < 1.29 is 14.3 Å². The lowest BCUT2D eigenvalue weighted by molar-refractivity contribution is 0.0487. The Morgan fingerprint density at radius 1 is 1.36 bits per heavy atom. The maximum atomic E-state index is 12.0. The van der Waals surface area contributed by atoms with Crippen LogP contribution in [0.15, 0.2) is 15.2 Å². The van der Waals surface area contributed by atoms with Gasteiger partial charge in [-0.1, -0.05) is 13.8 Å². The van der Waals surface area contributed by atoms with E-state index >= 15 is 0 Å². The first kappa shape index (κ1) is 19.0. The molecule has 1 atom stereocenters. The van der Waals surface area contributed by atoms with Crippen molar-refractivity contribution in [3.8, 4) is 0 Å². The van der Waals surface area contributed by atoms with E-state index in [1.165, 1.54) is 11.3 Å². The summed E-state index contributed by atoms with van der Waals surface area (Å²) in [5.41, 5.74) is 0.0642. The lowest BCUT2D eigenvalue weighted by Crippen LogP contribution is -2.48. The number of ether oxygens (including phenoxy) is 1. The first-order valence-corrected chi connectivity index (χ1v) is 8.77. The monoisotopic (exact) mass is 390 g/mol. The van der Waals surface area contributed by atoms with Gasteiger partial charge in [0.2, 0.25) is 0 Å². The number of halogens is 1. The average molecular weight is 391 g/mol. The van der Waals surface area contributed by atoms with Crippen LogP contribution in [0.5, 0.6) is 0 Å². The highest BCUT2D eigenvalue weighted by molar-refractivity contribution is 9.11. The van der Waals surface area contributed by atoms with E-state index in [2.05, 4.69) is 26.6 Å². The van der Waals surface area contributed by atoms with Gasteiger partial charge in [0.1, 0.15) is 5.60 Å². The number of amides is 2. The van der Waals surface area contributed by atoms with Crippen molar-refractivity contribution in [1.29, 1.82) is 0 Å². The molecule has 0 aliphatic rings. The van der Waals surface area contributed by atoms with Gasteiger partial charge in [0.25, 0.3) is 5.91 Å². The van der Waals surface area contributed by atoms with Crippen LogP contribution in [-0.2, 0) is 4.74 Å². The molecule has 1 unspecified atom stereocenters. The van der Waals surface area contributed by atoms with Gasteiger partial charge in [-0.3, -0.25) is 4.79 Å². The minimum atomic E-state index is -0.544. The minimum Gasteiger partial charge on any atom is -0.444 e. The molecule has 0 saturated carbocycles. The van der Waals surface area contributed by atoms with E-state index in [4.69, 9.17) is 4.74 Å². The molecular weight excluding hydrogens is 368 g/mol. The lowest BCUT2D eigenvalue weighted by atomic mass is 10.0. The van der Waals surface area contributed by atoms with Crippen LogP contribution in [0.4, 0.5) is 4.79 Å². The maximum Gasteiger partial charge on any atom is 0.407 e. The molecule has 0 saturated heterocycles. The molecule has 22 heavy (non-hydrogen) atoms. The van der Waals surface area contributed by atoms with Gasteiger partial charge < -0.3 is 15.4 Å². The number of carbonyl (C=O) groups is 2. The lowest BCUT2D eigenvalue weighted by Gasteiger charge is -2.26. The topological polar surface area (TPSA) is 67.4 Å². The summed E-state index contributed by atoms with van der Waals surface area (Å²) in [4.78, 5) is 23.9. The maximum absolute atomic E-state index is 12.0. The molecule has 1 heterocycles. The number of nitrogens with one attached hydrogen (secondary N) is 2. The predicted molar refractivity (Wildman–Crippen MR) is 92.3 cm³/mol. The third-order valence-electron chi connectivity index (χ3n) is 2.82. The van der Waals surface area contributed by atoms with Gasteiger partial charge in [0.05, 0.1) is 15.4 Å². The van der Waals surface area contributed by atoms with Crippen LogP contribution in [0.25, 0.3) is 0 Å². The number of thiophene rings is 1. The van der Waals surface area contributed by atoms with Gasteiger partial charge in [-0.2, -0.15) is 0 Å². The summed E-state index contributed by atoms with van der Waals surface area (Å²) < 4.78 is 6.15. The summed E-state index contributed by atoms with van der Waals surface area (Å²) in [7, 11) is 0. The van der Waals surface area contributed by atoms with Crippen molar-refractivity contribution in [1.82, 2.24) is 10.6 Å². The Bertz CT molecular complexity index is 523. The van der Waals surface area contributed by atoms with Crippen molar-refractivity contribution in [2.45, 2.75) is 46.3 Å². The Kier molecular flexibility index (Phi) is 6.87. The van der Waals surface area contributed by atoms with E-state index in [1.54, 1.807) is 11.4 Å². The minimum absolute atomic E-state index is 0.154. The zero-order valence-electron chi connectivity index (χ0n) is 13.5. The molecule has 7 heteroatoms. The van der Waals surface area contributed by atoms with Crippen LogP contribution in [0.2, 0.25) is 0 Å². The van der Waals surface area contributed by atoms with E-state index < -0.39 is 11.7 Å². The van der Waals surface area contributed by atoms with E-state index in [9.17, 15) is 9.59 Å². The molecule has 2 amide bonds. The Morgan fingerprint density at radius 2 is 2.00 bits per heavy atom. The molecule has 0 bridgehead atoms. The van der Waals surface area contributed by atoms with Crippen LogP contribution in [0.1, 0.15) is 45.0 Å². The van der Waals surface area contributed by atoms with Crippen molar-refractivity contribution in [3.63, 3.8) is 0 Å². The van der Waals surface area contributed by atoms with Crippen molar-refractivity contribution in [2.75, 3.05) is 6.54 Å². The summed E-state index contributed by atoms with van der Waals surface area (Å²) in [6, 6.07) is 1.58. The Labute approximate surface area is 143 Å². The molecule has 1 rings (SSSR count). The zero-order valence-corrected chi connectivity index (χ0v) is 15.9. The number of alkyl carbamates (subject to hydrolysis) is 1.